The molecule has 1 radical (unpaired) electrons. The highest BCUT2D eigenvalue weighted by Crippen LogP contribution is 2.33. The van der Waals surface area contributed by atoms with Crippen LogP contribution in [-0.4, -0.2) is 22.2 Å². The molecule has 0 N–H and O–H groups in total. The second kappa shape index (κ2) is 6.57. The Hall–Kier alpha value is -1.13. The van der Waals surface area contributed by atoms with Crippen LogP contribution in [0.3, 0.4) is 0 Å². The summed E-state index contributed by atoms with van der Waals surface area (Å²) in [5.41, 5.74) is 1.19. The molecule has 0 heterocycles. The third-order valence-corrected chi connectivity index (χ3v) is 3.06. The minimum Gasteiger partial charge on any atom is -0.496 e. The first-order valence-electron chi connectivity index (χ1n) is 4.95. The minimum absolute atomic E-state index is 0.348. The maximum absolute atomic E-state index is 10.2. The van der Waals surface area contributed by atoms with Crippen molar-refractivity contribution >= 4 is 32.4 Å². The van der Waals surface area contributed by atoms with E-state index < -0.39 is 9.04 Å². The van der Waals surface area contributed by atoms with Crippen molar-refractivity contribution in [3.05, 3.63) is 22.7 Å². The molecule has 0 amide bonds. The number of carbonyl (C=O) groups excluding carboxylic acids is 1. The smallest absolute Gasteiger partial charge is 0.240 e. The zero-order valence-corrected chi connectivity index (χ0v) is 11.7. The van der Waals surface area contributed by atoms with Gasteiger partial charge in [-0.1, -0.05) is 11.6 Å². The van der Waals surface area contributed by atoms with Gasteiger partial charge in [-0.05, 0) is 19.2 Å². The fraction of sp³-hybridized carbons (Fsp3) is 0.364. The molecule has 0 aliphatic carbocycles. The van der Waals surface area contributed by atoms with E-state index >= 15 is 0 Å². The van der Waals surface area contributed by atoms with Crippen LogP contribution in [0.5, 0.6) is 5.75 Å². The molecule has 0 spiro atoms. The van der Waals surface area contributed by atoms with Crippen molar-refractivity contribution in [3.63, 3.8) is 0 Å². The number of isocyanates is 1. The lowest BCUT2D eigenvalue weighted by atomic mass is 10.2. The zero-order valence-electron chi connectivity index (χ0n) is 9.91. The van der Waals surface area contributed by atoms with E-state index in [0.717, 1.165) is 5.56 Å². The molecule has 0 atom stereocenters. The van der Waals surface area contributed by atoms with Crippen molar-refractivity contribution < 1.29 is 14.0 Å². The van der Waals surface area contributed by atoms with Gasteiger partial charge in [0.25, 0.3) is 0 Å². The van der Waals surface area contributed by atoms with Gasteiger partial charge in [-0.25, -0.2) is 4.79 Å². The maximum atomic E-state index is 10.2. The van der Waals surface area contributed by atoms with Crippen LogP contribution in [0.1, 0.15) is 5.56 Å². The van der Waals surface area contributed by atoms with Crippen molar-refractivity contribution in [3.8, 4) is 5.75 Å². The number of halogens is 1. The quantitative estimate of drug-likeness (QED) is 0.469. The van der Waals surface area contributed by atoms with Crippen LogP contribution in [-0.2, 0) is 15.8 Å². The summed E-state index contributed by atoms with van der Waals surface area (Å²) in [5.74, 6) is 0.603. The molecule has 0 aromatic heterocycles. The molecule has 1 aromatic rings. The van der Waals surface area contributed by atoms with E-state index in [4.69, 9.17) is 20.8 Å². The van der Waals surface area contributed by atoms with Crippen molar-refractivity contribution in [2.24, 2.45) is 4.99 Å². The van der Waals surface area contributed by atoms with E-state index in [1.165, 1.54) is 6.08 Å². The fourth-order valence-corrected chi connectivity index (χ4v) is 1.92. The third kappa shape index (κ3) is 3.98. The maximum Gasteiger partial charge on any atom is 0.240 e. The van der Waals surface area contributed by atoms with Gasteiger partial charge in [-0.15, -0.1) is 0 Å². The number of rotatable bonds is 5. The van der Waals surface area contributed by atoms with Crippen molar-refractivity contribution in [2.45, 2.75) is 19.7 Å². The number of aliphatic imine (C=N–C) groups is 1. The van der Waals surface area contributed by atoms with Gasteiger partial charge in [0, 0.05) is 11.6 Å². The van der Waals surface area contributed by atoms with E-state index in [9.17, 15) is 4.79 Å². The number of hydrogen-bond acceptors (Lipinski definition) is 4. The second-order valence-corrected chi connectivity index (χ2v) is 6.03. The predicted molar refractivity (Wildman–Crippen MR) is 68.1 cm³/mol. The van der Waals surface area contributed by atoms with Gasteiger partial charge >= 0.3 is 0 Å². The molecule has 91 valence electrons. The molecule has 0 aliphatic rings. The Bertz CT molecular complexity index is 445. The van der Waals surface area contributed by atoms with Crippen LogP contribution in [0.15, 0.2) is 17.1 Å². The Morgan fingerprint density at radius 1 is 1.47 bits per heavy atom. The minimum atomic E-state index is -0.774. The second-order valence-electron chi connectivity index (χ2n) is 3.52. The summed E-state index contributed by atoms with van der Waals surface area (Å²) in [6.07, 6.45) is 1.45. The molecule has 1 aromatic carbocycles. The summed E-state index contributed by atoms with van der Waals surface area (Å²) in [7, 11) is 0.773. The summed E-state index contributed by atoms with van der Waals surface area (Å²) in [5, 5.41) is 0.383. The third-order valence-electron chi connectivity index (χ3n) is 2.03. The van der Waals surface area contributed by atoms with Crippen LogP contribution in [0, 0.1) is 0 Å². The van der Waals surface area contributed by atoms with Gasteiger partial charge in [0.1, 0.15) is 5.75 Å². The molecule has 0 unspecified atom stereocenters. The van der Waals surface area contributed by atoms with Gasteiger partial charge in [-0.2, -0.15) is 4.99 Å². The Morgan fingerprint density at radius 2 is 2.18 bits per heavy atom. The SMILES string of the molecule is COc1cc(N=C=O)c(Cl)cc1CO[Si](C)C. The number of methoxy groups -OCH3 is 1. The van der Waals surface area contributed by atoms with E-state index in [0.29, 0.717) is 23.1 Å². The standard InChI is InChI=1S/C11H13ClNO3Si/c1-15-11-5-10(13-7-14)9(12)4-8(11)6-16-17(2)3/h4-5H,6H2,1-3H3. The van der Waals surface area contributed by atoms with Crippen LogP contribution in [0.25, 0.3) is 0 Å². The van der Waals surface area contributed by atoms with Crippen LogP contribution in [0.2, 0.25) is 18.1 Å². The summed E-state index contributed by atoms with van der Waals surface area (Å²) in [6, 6.07) is 3.30. The van der Waals surface area contributed by atoms with E-state index in [1.807, 2.05) is 13.1 Å². The highest BCUT2D eigenvalue weighted by atomic mass is 35.5. The normalized spacial score (nSPS) is 10.2. The Balaban J connectivity index is 3.05. The van der Waals surface area contributed by atoms with Crippen molar-refractivity contribution in [1.82, 2.24) is 0 Å². The largest absolute Gasteiger partial charge is 0.496 e. The lowest BCUT2D eigenvalue weighted by Crippen LogP contribution is -2.07. The van der Waals surface area contributed by atoms with Gasteiger partial charge in [0.15, 0.2) is 0 Å². The lowest BCUT2D eigenvalue weighted by molar-refractivity contribution is 0.304. The molecule has 6 heteroatoms. The molecule has 4 nitrogen and oxygen atoms in total. The van der Waals surface area contributed by atoms with Gasteiger partial charge in [-0.3, -0.25) is 0 Å². The number of benzene rings is 1. The van der Waals surface area contributed by atoms with Crippen molar-refractivity contribution in [1.29, 1.82) is 0 Å². The van der Waals surface area contributed by atoms with E-state index in [-0.39, 0.29) is 0 Å². The fourth-order valence-electron chi connectivity index (χ4n) is 1.24. The Morgan fingerprint density at radius 3 is 2.71 bits per heavy atom. The molecule has 0 bridgehead atoms. The monoisotopic (exact) mass is 270 g/mol. The number of ether oxygens (including phenoxy) is 1. The molecule has 0 aliphatic heterocycles. The average Bonchev–Trinajstić information content (AvgIpc) is 2.29. The summed E-state index contributed by atoms with van der Waals surface area (Å²) < 4.78 is 10.8. The molecule has 0 fully saturated rings. The van der Waals surface area contributed by atoms with Crippen LogP contribution >= 0.6 is 11.6 Å². The van der Waals surface area contributed by atoms with Crippen LogP contribution < -0.4 is 4.74 Å². The highest BCUT2D eigenvalue weighted by molar-refractivity contribution is 6.48. The molecule has 0 saturated heterocycles. The first-order chi connectivity index (χ1) is 8.08. The predicted octanol–water partition coefficient (Wildman–Crippen LogP) is 3.08. The topological polar surface area (TPSA) is 47.9 Å². The Kier molecular flexibility index (Phi) is 5.38. The Labute approximate surface area is 107 Å². The van der Waals surface area contributed by atoms with E-state index in [1.54, 1.807) is 19.2 Å². The summed E-state index contributed by atoms with van der Waals surface area (Å²) >= 11 is 5.98. The zero-order chi connectivity index (χ0) is 12.8. The first kappa shape index (κ1) is 13.9. The summed E-state index contributed by atoms with van der Waals surface area (Å²) in [6.45, 7) is 4.53. The molecular weight excluding hydrogens is 258 g/mol. The number of nitrogens with zero attached hydrogens (tertiary/aromatic N) is 1. The van der Waals surface area contributed by atoms with Crippen molar-refractivity contribution in [2.75, 3.05) is 7.11 Å². The molecule has 17 heavy (non-hydrogen) atoms. The molecule has 0 saturated carbocycles. The lowest BCUT2D eigenvalue weighted by Gasteiger charge is -2.12. The van der Waals surface area contributed by atoms with Crippen LogP contribution in [0.4, 0.5) is 5.69 Å². The van der Waals surface area contributed by atoms with Gasteiger partial charge in [0.2, 0.25) is 15.1 Å². The van der Waals surface area contributed by atoms with Gasteiger partial charge in [0.05, 0.1) is 24.4 Å². The molecular formula is C11H13ClNO3Si. The number of hydrogen-bond donors (Lipinski definition) is 0. The first-order valence-corrected chi connectivity index (χ1v) is 7.74. The molecule has 1 rings (SSSR count). The van der Waals surface area contributed by atoms with Gasteiger partial charge < -0.3 is 9.16 Å². The highest BCUT2D eigenvalue weighted by Gasteiger charge is 2.10. The average molecular weight is 271 g/mol. The van der Waals surface area contributed by atoms with E-state index in [2.05, 4.69) is 4.99 Å². The summed E-state index contributed by atoms with van der Waals surface area (Å²) in [4.78, 5) is 13.7.